The van der Waals surface area contributed by atoms with Crippen LogP contribution < -0.4 is 10.2 Å². The Morgan fingerprint density at radius 1 is 1.04 bits per heavy atom. The molecule has 1 saturated heterocycles. The highest BCUT2D eigenvalue weighted by atomic mass is 16.2. The van der Waals surface area contributed by atoms with Gasteiger partial charge in [-0.25, -0.2) is 0 Å². The largest absolute Gasteiger partial charge is 0.368 e. The van der Waals surface area contributed by atoms with E-state index in [9.17, 15) is 9.59 Å². The quantitative estimate of drug-likeness (QED) is 0.740. The van der Waals surface area contributed by atoms with Crippen molar-refractivity contribution < 1.29 is 9.59 Å². The summed E-state index contributed by atoms with van der Waals surface area (Å²) in [5.74, 6) is 0.230. The van der Waals surface area contributed by atoms with Gasteiger partial charge in [0.1, 0.15) is 0 Å². The molecule has 0 bridgehead atoms. The fourth-order valence-corrected chi connectivity index (χ4v) is 4.18. The third kappa shape index (κ3) is 3.01. The number of aromatic amines is 1. The van der Waals surface area contributed by atoms with Crippen LogP contribution in [0, 0.1) is 0 Å². The van der Waals surface area contributed by atoms with Crippen LogP contribution in [0.1, 0.15) is 11.1 Å². The molecule has 0 aliphatic carbocycles. The van der Waals surface area contributed by atoms with Gasteiger partial charge >= 0.3 is 0 Å². The number of para-hydroxylation sites is 1. The molecule has 6 nitrogen and oxygen atoms in total. The number of carbonyl (C=O) groups excluding carboxylic acids is 2. The number of benzene rings is 2. The van der Waals surface area contributed by atoms with Crippen LogP contribution in [-0.4, -0.2) is 47.9 Å². The Bertz CT molecular complexity index is 1060. The van der Waals surface area contributed by atoms with Gasteiger partial charge in [0.15, 0.2) is 0 Å². The molecule has 0 radical (unpaired) electrons. The predicted molar refractivity (Wildman–Crippen MR) is 110 cm³/mol. The molecule has 2 aliphatic rings. The van der Waals surface area contributed by atoms with E-state index in [4.69, 9.17) is 0 Å². The second-order valence-corrected chi connectivity index (χ2v) is 7.47. The second kappa shape index (κ2) is 6.71. The molecule has 2 aliphatic heterocycles. The molecule has 28 heavy (non-hydrogen) atoms. The van der Waals surface area contributed by atoms with Crippen molar-refractivity contribution in [2.75, 3.05) is 36.4 Å². The van der Waals surface area contributed by atoms with E-state index in [0.717, 1.165) is 59.6 Å². The molecule has 2 aromatic carbocycles. The van der Waals surface area contributed by atoms with E-state index in [0.29, 0.717) is 12.8 Å². The van der Waals surface area contributed by atoms with Crippen LogP contribution in [0.25, 0.3) is 10.9 Å². The summed E-state index contributed by atoms with van der Waals surface area (Å²) < 4.78 is 0. The number of fused-ring (bicyclic) bond motifs is 2. The Labute approximate surface area is 163 Å². The normalized spacial score (nSPS) is 16.4. The molecule has 0 spiro atoms. The zero-order chi connectivity index (χ0) is 19.1. The van der Waals surface area contributed by atoms with E-state index in [-0.39, 0.29) is 11.8 Å². The summed E-state index contributed by atoms with van der Waals surface area (Å²) in [7, 11) is 0. The van der Waals surface area contributed by atoms with Gasteiger partial charge in [-0.15, -0.1) is 0 Å². The molecule has 142 valence electrons. The SMILES string of the molecule is O=C1Cc2cc(N3CCN(C(=O)Cc4c[nH]c5ccccc45)CC3)ccc2N1. The first-order valence-corrected chi connectivity index (χ1v) is 9.68. The monoisotopic (exact) mass is 374 g/mol. The van der Waals surface area contributed by atoms with E-state index >= 15 is 0 Å². The zero-order valence-electron chi connectivity index (χ0n) is 15.6. The maximum atomic E-state index is 12.8. The molecule has 5 rings (SSSR count). The van der Waals surface area contributed by atoms with Gasteiger partial charge in [0.05, 0.1) is 12.8 Å². The number of hydrogen-bond acceptors (Lipinski definition) is 3. The van der Waals surface area contributed by atoms with Crippen molar-refractivity contribution in [2.24, 2.45) is 0 Å². The van der Waals surface area contributed by atoms with E-state index in [1.54, 1.807) is 0 Å². The topological polar surface area (TPSA) is 68.4 Å². The Balaban J connectivity index is 1.23. The van der Waals surface area contributed by atoms with Crippen molar-refractivity contribution in [3.63, 3.8) is 0 Å². The van der Waals surface area contributed by atoms with Gasteiger partial charge in [-0.1, -0.05) is 18.2 Å². The second-order valence-electron chi connectivity index (χ2n) is 7.47. The maximum Gasteiger partial charge on any atom is 0.228 e. The number of anilines is 2. The van der Waals surface area contributed by atoms with Crippen LogP contribution in [0.15, 0.2) is 48.7 Å². The number of H-pyrrole nitrogens is 1. The van der Waals surface area contributed by atoms with E-state index in [1.807, 2.05) is 41.4 Å². The standard InChI is InChI=1S/C22H22N4O2/c27-21-12-15-11-17(5-6-19(15)24-21)25-7-9-26(10-8-25)22(28)13-16-14-23-20-4-2-1-3-18(16)20/h1-6,11,14,23H,7-10,12-13H2,(H,24,27). The lowest BCUT2D eigenvalue weighted by atomic mass is 10.1. The smallest absolute Gasteiger partial charge is 0.228 e. The van der Waals surface area contributed by atoms with Gasteiger partial charge in [0, 0.05) is 54.7 Å². The number of aromatic nitrogens is 1. The number of nitrogens with zero attached hydrogens (tertiary/aromatic N) is 2. The Kier molecular flexibility index (Phi) is 4.04. The minimum absolute atomic E-state index is 0.0554. The zero-order valence-corrected chi connectivity index (χ0v) is 15.6. The molecule has 1 fully saturated rings. The number of piperazine rings is 1. The van der Waals surface area contributed by atoms with Crippen molar-refractivity contribution in [3.05, 3.63) is 59.8 Å². The highest BCUT2D eigenvalue weighted by Gasteiger charge is 2.24. The summed E-state index contributed by atoms with van der Waals surface area (Å²) in [5.41, 5.74) is 5.22. The van der Waals surface area contributed by atoms with Gasteiger partial charge in [0.2, 0.25) is 11.8 Å². The van der Waals surface area contributed by atoms with Crippen LogP contribution in [0.2, 0.25) is 0 Å². The summed E-state index contributed by atoms with van der Waals surface area (Å²) in [6.45, 7) is 3.05. The molecule has 2 N–H and O–H groups in total. The van der Waals surface area contributed by atoms with Crippen molar-refractivity contribution >= 4 is 34.1 Å². The molecule has 0 saturated carbocycles. The fourth-order valence-electron chi connectivity index (χ4n) is 4.18. The average molecular weight is 374 g/mol. The fraction of sp³-hybridized carbons (Fsp3) is 0.273. The first kappa shape index (κ1) is 16.9. The Morgan fingerprint density at radius 2 is 1.86 bits per heavy atom. The van der Waals surface area contributed by atoms with E-state index in [2.05, 4.69) is 27.3 Å². The molecule has 0 atom stereocenters. The van der Waals surface area contributed by atoms with Gasteiger partial charge in [-0.3, -0.25) is 9.59 Å². The molecule has 3 heterocycles. The van der Waals surface area contributed by atoms with Crippen molar-refractivity contribution in [1.82, 2.24) is 9.88 Å². The summed E-state index contributed by atoms with van der Waals surface area (Å²) in [6.07, 6.45) is 2.82. The van der Waals surface area contributed by atoms with E-state index < -0.39 is 0 Å². The average Bonchev–Trinajstić information content (AvgIpc) is 3.30. The maximum absolute atomic E-state index is 12.8. The van der Waals surface area contributed by atoms with Crippen molar-refractivity contribution in [1.29, 1.82) is 0 Å². The van der Waals surface area contributed by atoms with Crippen molar-refractivity contribution in [2.45, 2.75) is 12.8 Å². The number of amides is 2. The predicted octanol–water partition coefficient (Wildman–Crippen LogP) is 2.55. The highest BCUT2D eigenvalue weighted by molar-refractivity contribution is 5.99. The summed E-state index contributed by atoms with van der Waals surface area (Å²) in [5, 5.41) is 3.99. The minimum atomic E-state index is 0.0554. The van der Waals surface area contributed by atoms with Crippen molar-refractivity contribution in [3.8, 4) is 0 Å². The number of hydrogen-bond donors (Lipinski definition) is 2. The Morgan fingerprint density at radius 3 is 2.71 bits per heavy atom. The molecule has 0 unspecified atom stereocenters. The number of nitrogens with one attached hydrogen (secondary N) is 2. The van der Waals surface area contributed by atoms with Crippen LogP contribution in [0.3, 0.4) is 0 Å². The highest BCUT2D eigenvalue weighted by Crippen LogP contribution is 2.28. The lowest BCUT2D eigenvalue weighted by Crippen LogP contribution is -2.49. The molecule has 1 aromatic heterocycles. The molecular formula is C22H22N4O2. The third-order valence-electron chi connectivity index (χ3n) is 5.73. The van der Waals surface area contributed by atoms with Gasteiger partial charge in [-0.05, 0) is 35.4 Å². The van der Waals surface area contributed by atoms with Gasteiger partial charge in [0.25, 0.3) is 0 Å². The molecule has 6 heteroatoms. The Hall–Kier alpha value is -3.28. The molecule has 2 amide bonds. The summed E-state index contributed by atoms with van der Waals surface area (Å²) in [6, 6.07) is 14.2. The van der Waals surface area contributed by atoms with Gasteiger partial charge < -0.3 is 20.1 Å². The van der Waals surface area contributed by atoms with Gasteiger partial charge in [-0.2, -0.15) is 0 Å². The third-order valence-corrected chi connectivity index (χ3v) is 5.73. The molecule has 3 aromatic rings. The molecular weight excluding hydrogens is 352 g/mol. The summed E-state index contributed by atoms with van der Waals surface area (Å²) >= 11 is 0. The lowest BCUT2D eigenvalue weighted by Gasteiger charge is -2.36. The van der Waals surface area contributed by atoms with Crippen LogP contribution in [-0.2, 0) is 22.4 Å². The number of rotatable bonds is 3. The lowest BCUT2D eigenvalue weighted by molar-refractivity contribution is -0.130. The first-order valence-electron chi connectivity index (χ1n) is 9.68. The number of carbonyl (C=O) groups is 2. The minimum Gasteiger partial charge on any atom is -0.368 e. The van der Waals surface area contributed by atoms with Crippen LogP contribution in [0.5, 0.6) is 0 Å². The van der Waals surface area contributed by atoms with Crippen LogP contribution >= 0.6 is 0 Å². The summed E-state index contributed by atoms with van der Waals surface area (Å²) in [4.78, 5) is 31.8. The van der Waals surface area contributed by atoms with E-state index in [1.165, 1.54) is 0 Å². The van der Waals surface area contributed by atoms with Crippen LogP contribution in [0.4, 0.5) is 11.4 Å². The first-order chi connectivity index (χ1) is 13.7.